The zero-order valence-corrected chi connectivity index (χ0v) is 10.7. The van der Waals surface area contributed by atoms with E-state index in [0.717, 1.165) is 12.1 Å². The predicted octanol–water partition coefficient (Wildman–Crippen LogP) is 3.48. The Balaban J connectivity index is 2.18. The highest BCUT2D eigenvalue weighted by Gasteiger charge is 2.07. The molecule has 2 aromatic heterocycles. The van der Waals surface area contributed by atoms with Gasteiger partial charge in [-0.2, -0.15) is 5.10 Å². The van der Waals surface area contributed by atoms with Gasteiger partial charge in [0.15, 0.2) is 5.75 Å². The topological polar surface area (TPSA) is 39.9 Å². The first-order chi connectivity index (χ1) is 8.22. The largest absolute Gasteiger partial charge is 0.434 e. The van der Waals surface area contributed by atoms with E-state index in [9.17, 15) is 0 Å². The van der Waals surface area contributed by atoms with Crippen molar-refractivity contribution >= 4 is 23.2 Å². The monoisotopic (exact) mass is 271 g/mol. The van der Waals surface area contributed by atoms with Crippen LogP contribution in [0.25, 0.3) is 0 Å². The molecule has 0 aliphatic heterocycles. The van der Waals surface area contributed by atoms with Gasteiger partial charge in [0, 0.05) is 18.6 Å². The first-order valence-corrected chi connectivity index (χ1v) is 6.05. The summed E-state index contributed by atoms with van der Waals surface area (Å²) in [7, 11) is 0. The second-order valence-electron chi connectivity index (χ2n) is 3.40. The number of hydrogen-bond acceptors (Lipinski definition) is 3. The lowest BCUT2D eigenvalue weighted by molar-refractivity contribution is 0.462. The van der Waals surface area contributed by atoms with Crippen molar-refractivity contribution in [3.05, 3.63) is 35.2 Å². The van der Waals surface area contributed by atoms with Crippen LogP contribution in [0.2, 0.25) is 5.02 Å². The molecule has 17 heavy (non-hydrogen) atoms. The van der Waals surface area contributed by atoms with Crippen LogP contribution in [0.5, 0.6) is 11.6 Å². The summed E-state index contributed by atoms with van der Waals surface area (Å²) in [6, 6.07) is 1.74. The van der Waals surface area contributed by atoms with Crippen LogP contribution in [0.15, 0.2) is 24.7 Å². The molecule has 0 aliphatic rings. The number of halogens is 2. The van der Waals surface area contributed by atoms with Gasteiger partial charge in [-0.05, 0) is 18.6 Å². The number of pyridine rings is 1. The molecule has 0 saturated carbocycles. The smallest absolute Gasteiger partial charge is 0.238 e. The van der Waals surface area contributed by atoms with Crippen LogP contribution in [0.3, 0.4) is 0 Å². The van der Waals surface area contributed by atoms with Gasteiger partial charge in [-0.25, -0.2) is 4.98 Å². The van der Waals surface area contributed by atoms with Crippen molar-refractivity contribution in [2.24, 2.45) is 0 Å². The Hall–Kier alpha value is -1.26. The number of rotatable bonds is 4. The predicted molar refractivity (Wildman–Crippen MR) is 66.8 cm³/mol. The highest BCUT2D eigenvalue weighted by atomic mass is 35.5. The Morgan fingerprint density at radius 3 is 2.82 bits per heavy atom. The van der Waals surface area contributed by atoms with Gasteiger partial charge in [-0.15, -0.1) is 11.6 Å². The molecule has 2 rings (SSSR count). The summed E-state index contributed by atoms with van der Waals surface area (Å²) in [4.78, 5) is 4.10. The van der Waals surface area contributed by atoms with E-state index in [4.69, 9.17) is 27.9 Å². The minimum absolute atomic E-state index is 0.358. The van der Waals surface area contributed by atoms with E-state index in [0.29, 0.717) is 22.5 Å². The van der Waals surface area contributed by atoms with Crippen molar-refractivity contribution in [3.63, 3.8) is 0 Å². The fourth-order valence-corrected chi connectivity index (χ4v) is 1.67. The molecule has 4 nitrogen and oxygen atoms in total. The fourth-order valence-electron chi connectivity index (χ4n) is 1.30. The first-order valence-electron chi connectivity index (χ1n) is 5.13. The van der Waals surface area contributed by atoms with Gasteiger partial charge in [-0.3, -0.25) is 4.68 Å². The lowest BCUT2D eigenvalue weighted by Gasteiger charge is -2.04. The molecule has 0 bridgehead atoms. The molecule has 0 saturated heterocycles. The Kier molecular flexibility index (Phi) is 3.86. The van der Waals surface area contributed by atoms with Crippen LogP contribution in [0.4, 0.5) is 0 Å². The second kappa shape index (κ2) is 5.38. The molecule has 90 valence electrons. The van der Waals surface area contributed by atoms with Crippen LogP contribution >= 0.6 is 23.2 Å². The van der Waals surface area contributed by atoms with E-state index >= 15 is 0 Å². The average molecular weight is 272 g/mol. The first kappa shape index (κ1) is 12.2. The molecule has 0 aliphatic carbocycles. The van der Waals surface area contributed by atoms with Gasteiger partial charge in [-0.1, -0.05) is 11.6 Å². The molecule has 0 spiro atoms. The minimum atomic E-state index is 0.358. The van der Waals surface area contributed by atoms with E-state index in [2.05, 4.69) is 10.1 Å². The highest BCUT2D eigenvalue weighted by molar-refractivity contribution is 6.32. The maximum Gasteiger partial charge on any atom is 0.238 e. The van der Waals surface area contributed by atoms with Crippen molar-refractivity contribution in [1.29, 1.82) is 0 Å². The highest BCUT2D eigenvalue weighted by Crippen LogP contribution is 2.27. The van der Waals surface area contributed by atoms with Gasteiger partial charge in [0.1, 0.15) is 5.02 Å². The van der Waals surface area contributed by atoms with Crippen LogP contribution in [-0.2, 0) is 12.4 Å². The summed E-state index contributed by atoms with van der Waals surface area (Å²) in [5, 5.41) is 4.53. The van der Waals surface area contributed by atoms with Crippen LogP contribution in [0.1, 0.15) is 12.5 Å². The van der Waals surface area contributed by atoms with Crippen molar-refractivity contribution in [1.82, 2.24) is 14.8 Å². The lowest BCUT2D eigenvalue weighted by Crippen LogP contribution is -1.92. The van der Waals surface area contributed by atoms with Crippen LogP contribution in [-0.4, -0.2) is 14.8 Å². The van der Waals surface area contributed by atoms with Gasteiger partial charge >= 0.3 is 0 Å². The number of hydrogen-bond donors (Lipinski definition) is 0. The van der Waals surface area contributed by atoms with E-state index in [1.807, 2.05) is 6.92 Å². The molecule has 2 heterocycles. The number of aryl methyl sites for hydroxylation is 1. The Labute approximate surface area is 109 Å². The summed E-state index contributed by atoms with van der Waals surface area (Å²) >= 11 is 11.7. The summed E-state index contributed by atoms with van der Waals surface area (Å²) in [6.45, 7) is 2.78. The van der Waals surface area contributed by atoms with E-state index < -0.39 is 0 Å². The number of aromatic nitrogens is 3. The molecular formula is C11H11Cl2N3O. The van der Waals surface area contributed by atoms with E-state index in [-0.39, 0.29) is 0 Å². The molecule has 2 aromatic rings. The molecule has 0 N–H and O–H groups in total. The molecule has 0 radical (unpaired) electrons. The number of nitrogens with zero attached hydrogens (tertiary/aromatic N) is 3. The van der Waals surface area contributed by atoms with Crippen molar-refractivity contribution < 1.29 is 4.74 Å². The van der Waals surface area contributed by atoms with E-state index in [1.54, 1.807) is 29.3 Å². The third kappa shape index (κ3) is 2.90. The van der Waals surface area contributed by atoms with Gasteiger partial charge in [0.2, 0.25) is 5.88 Å². The minimum Gasteiger partial charge on any atom is -0.434 e. The molecule has 0 amide bonds. The third-order valence-electron chi connectivity index (χ3n) is 2.17. The normalized spacial score (nSPS) is 10.5. The Morgan fingerprint density at radius 1 is 1.41 bits per heavy atom. The molecule has 0 aromatic carbocycles. The summed E-state index contributed by atoms with van der Waals surface area (Å²) in [6.07, 6.45) is 5.04. The molecule has 0 unspecified atom stereocenters. The Bertz CT molecular complexity index is 513. The van der Waals surface area contributed by atoms with Gasteiger partial charge < -0.3 is 4.74 Å². The zero-order chi connectivity index (χ0) is 12.3. The summed E-state index contributed by atoms with van der Waals surface area (Å²) < 4.78 is 7.28. The maximum absolute atomic E-state index is 6.03. The Morgan fingerprint density at radius 2 is 2.24 bits per heavy atom. The van der Waals surface area contributed by atoms with Crippen LogP contribution < -0.4 is 4.74 Å². The molecule has 0 atom stereocenters. The maximum atomic E-state index is 6.03. The third-order valence-corrected chi connectivity index (χ3v) is 2.75. The van der Waals surface area contributed by atoms with Crippen molar-refractivity contribution in [2.45, 2.75) is 19.3 Å². The van der Waals surface area contributed by atoms with Gasteiger partial charge in [0.25, 0.3) is 0 Å². The SMILES string of the molecule is CCn1cc(Oc2ncc(CCl)cc2Cl)cn1. The number of alkyl halides is 1. The van der Waals surface area contributed by atoms with Crippen LogP contribution in [0, 0.1) is 0 Å². The second-order valence-corrected chi connectivity index (χ2v) is 4.07. The van der Waals surface area contributed by atoms with E-state index in [1.165, 1.54) is 0 Å². The standard InChI is InChI=1S/C11H11Cl2N3O/c1-2-16-7-9(6-15-16)17-11-10(13)3-8(4-12)5-14-11/h3,5-7H,2,4H2,1H3. The molecular weight excluding hydrogens is 261 g/mol. The average Bonchev–Trinajstić information content (AvgIpc) is 2.79. The fraction of sp³-hybridized carbons (Fsp3) is 0.273. The summed E-state index contributed by atoms with van der Waals surface area (Å²) in [5.41, 5.74) is 0.855. The van der Waals surface area contributed by atoms with Gasteiger partial charge in [0.05, 0.1) is 12.4 Å². The quantitative estimate of drug-likeness (QED) is 0.800. The zero-order valence-electron chi connectivity index (χ0n) is 9.23. The molecule has 6 heteroatoms. The lowest BCUT2D eigenvalue weighted by atomic mass is 10.3. The molecule has 0 fully saturated rings. The van der Waals surface area contributed by atoms with Crippen molar-refractivity contribution in [3.8, 4) is 11.6 Å². The summed E-state index contributed by atoms with van der Waals surface area (Å²) in [5.74, 6) is 1.34. The number of ether oxygens (including phenoxy) is 1. The van der Waals surface area contributed by atoms with Crippen molar-refractivity contribution in [2.75, 3.05) is 0 Å².